The summed E-state index contributed by atoms with van der Waals surface area (Å²) in [7, 11) is 0. The van der Waals surface area contributed by atoms with Gasteiger partial charge in [0.15, 0.2) is 0 Å². The smallest absolute Gasteiger partial charge is 0.293 e. The third-order valence-electron chi connectivity index (χ3n) is 5.29. The molecule has 1 aliphatic heterocycles. The van der Waals surface area contributed by atoms with Crippen LogP contribution in [0.1, 0.15) is 30.1 Å². The van der Waals surface area contributed by atoms with Gasteiger partial charge in [-0.05, 0) is 30.7 Å². The number of hydrogen-bond acceptors (Lipinski definition) is 7. The van der Waals surface area contributed by atoms with Gasteiger partial charge in [0.05, 0.1) is 17.6 Å². The van der Waals surface area contributed by atoms with Gasteiger partial charge in [-0.2, -0.15) is 5.26 Å². The first-order chi connectivity index (χ1) is 15.9. The molecule has 0 aromatic heterocycles. The zero-order valence-corrected chi connectivity index (χ0v) is 18.3. The molecule has 3 rings (SSSR count). The van der Waals surface area contributed by atoms with Crippen molar-refractivity contribution >= 4 is 28.9 Å². The molecule has 1 fully saturated rings. The summed E-state index contributed by atoms with van der Waals surface area (Å²) >= 11 is 0. The number of nitriles is 1. The highest BCUT2D eigenvalue weighted by Gasteiger charge is 2.26. The van der Waals surface area contributed by atoms with E-state index in [4.69, 9.17) is 10.00 Å². The average molecular weight is 451 g/mol. The van der Waals surface area contributed by atoms with Crippen molar-refractivity contribution in [2.75, 3.05) is 43.0 Å². The van der Waals surface area contributed by atoms with Crippen molar-refractivity contribution in [2.24, 2.45) is 0 Å². The number of benzene rings is 2. The minimum Gasteiger partial charge on any atom is -0.493 e. The van der Waals surface area contributed by atoms with Crippen molar-refractivity contribution in [3.8, 4) is 11.8 Å². The minimum absolute atomic E-state index is 0.0206. The van der Waals surface area contributed by atoms with E-state index in [-0.39, 0.29) is 17.2 Å². The van der Waals surface area contributed by atoms with E-state index in [0.717, 1.165) is 0 Å². The van der Waals surface area contributed by atoms with E-state index in [0.29, 0.717) is 62.8 Å². The van der Waals surface area contributed by atoms with Crippen molar-refractivity contribution in [1.82, 2.24) is 4.90 Å². The summed E-state index contributed by atoms with van der Waals surface area (Å²) in [6, 6.07) is 13.3. The lowest BCUT2D eigenvalue weighted by Gasteiger charge is -2.35. The molecular formula is C23H25N5O5. The standard InChI is InChI=1S/C23H25N5O5/c1-17(29)26-10-12-27(13-11-26)21-8-7-18(15-22(21)28(31)32)23(30)25-19-5-4-6-20(16-19)33-14-3-2-9-24/h4-8,15-16H,2-3,10-14H2,1H3,(H,25,30). The van der Waals surface area contributed by atoms with E-state index in [9.17, 15) is 19.7 Å². The van der Waals surface area contributed by atoms with E-state index in [1.54, 1.807) is 41.3 Å². The normalized spacial score (nSPS) is 13.2. The molecule has 0 radical (unpaired) electrons. The van der Waals surface area contributed by atoms with E-state index >= 15 is 0 Å². The molecule has 0 aliphatic carbocycles. The Hall–Kier alpha value is -4.13. The third kappa shape index (κ3) is 6.20. The number of unbranched alkanes of at least 4 members (excludes halogenated alkanes) is 1. The first kappa shape index (κ1) is 23.5. The maximum Gasteiger partial charge on any atom is 0.293 e. The SMILES string of the molecule is CC(=O)N1CCN(c2ccc(C(=O)Nc3cccc(OCCCC#N)c3)cc2[N+](=O)[O-])CC1. The molecule has 1 N–H and O–H groups in total. The maximum absolute atomic E-state index is 12.7. The maximum atomic E-state index is 12.7. The fraction of sp³-hybridized carbons (Fsp3) is 0.348. The van der Waals surface area contributed by atoms with Gasteiger partial charge in [0, 0.05) is 62.9 Å². The molecule has 2 aromatic carbocycles. The van der Waals surface area contributed by atoms with Gasteiger partial charge in [-0.15, -0.1) is 0 Å². The number of amides is 2. The van der Waals surface area contributed by atoms with Crippen LogP contribution in [0.15, 0.2) is 42.5 Å². The zero-order valence-electron chi connectivity index (χ0n) is 18.3. The van der Waals surface area contributed by atoms with E-state index in [1.807, 2.05) is 11.0 Å². The Labute approximate surface area is 191 Å². The van der Waals surface area contributed by atoms with Crippen LogP contribution >= 0.6 is 0 Å². The fourth-order valence-corrected chi connectivity index (χ4v) is 3.55. The Bertz CT molecular complexity index is 1070. The van der Waals surface area contributed by atoms with Crippen molar-refractivity contribution in [3.05, 3.63) is 58.1 Å². The summed E-state index contributed by atoms with van der Waals surface area (Å²) in [6.45, 7) is 3.83. The van der Waals surface area contributed by atoms with E-state index in [2.05, 4.69) is 5.32 Å². The van der Waals surface area contributed by atoms with Gasteiger partial charge in [-0.25, -0.2) is 0 Å². The number of ether oxygens (including phenoxy) is 1. The molecule has 0 atom stereocenters. The highest BCUT2D eigenvalue weighted by Crippen LogP contribution is 2.30. The molecule has 2 aromatic rings. The Morgan fingerprint density at radius 3 is 2.61 bits per heavy atom. The van der Waals surface area contributed by atoms with Crippen molar-refractivity contribution in [1.29, 1.82) is 5.26 Å². The zero-order chi connectivity index (χ0) is 23.8. The Kier molecular flexibility index (Phi) is 7.81. The Balaban J connectivity index is 1.70. The first-order valence-electron chi connectivity index (χ1n) is 10.6. The number of hydrogen-bond donors (Lipinski definition) is 1. The molecule has 0 unspecified atom stereocenters. The van der Waals surface area contributed by atoms with Gasteiger partial charge < -0.3 is 19.9 Å². The van der Waals surface area contributed by atoms with Crippen LogP contribution in [0.25, 0.3) is 0 Å². The molecular weight excluding hydrogens is 426 g/mol. The molecule has 1 aliphatic rings. The molecule has 10 nitrogen and oxygen atoms in total. The molecule has 172 valence electrons. The predicted molar refractivity (Wildman–Crippen MR) is 122 cm³/mol. The van der Waals surface area contributed by atoms with Crippen LogP contribution < -0.4 is 15.0 Å². The van der Waals surface area contributed by atoms with Gasteiger partial charge in [0.2, 0.25) is 5.91 Å². The van der Waals surface area contributed by atoms with E-state index < -0.39 is 10.8 Å². The van der Waals surface area contributed by atoms with Crippen molar-refractivity contribution < 1.29 is 19.2 Å². The average Bonchev–Trinajstić information content (AvgIpc) is 2.81. The lowest BCUT2D eigenvalue weighted by Crippen LogP contribution is -2.48. The second-order valence-corrected chi connectivity index (χ2v) is 7.55. The summed E-state index contributed by atoms with van der Waals surface area (Å²) in [6.07, 6.45) is 1.00. The fourth-order valence-electron chi connectivity index (χ4n) is 3.55. The highest BCUT2D eigenvalue weighted by molar-refractivity contribution is 6.05. The number of nitro benzene ring substituents is 1. The van der Waals surface area contributed by atoms with Crippen LogP contribution in [0.4, 0.5) is 17.1 Å². The molecule has 0 spiro atoms. The van der Waals surface area contributed by atoms with Crippen LogP contribution in [0.5, 0.6) is 5.75 Å². The molecule has 2 amide bonds. The second kappa shape index (κ2) is 10.9. The van der Waals surface area contributed by atoms with Crippen LogP contribution in [0.3, 0.4) is 0 Å². The summed E-state index contributed by atoms with van der Waals surface area (Å²) < 4.78 is 5.57. The molecule has 0 bridgehead atoms. The monoisotopic (exact) mass is 451 g/mol. The van der Waals surface area contributed by atoms with Gasteiger partial charge in [0.25, 0.3) is 11.6 Å². The second-order valence-electron chi connectivity index (χ2n) is 7.55. The van der Waals surface area contributed by atoms with Crippen molar-refractivity contribution in [3.63, 3.8) is 0 Å². The molecule has 1 saturated heterocycles. The first-order valence-corrected chi connectivity index (χ1v) is 10.6. The topological polar surface area (TPSA) is 129 Å². The quantitative estimate of drug-likeness (QED) is 0.371. The largest absolute Gasteiger partial charge is 0.493 e. The number of piperazine rings is 1. The van der Waals surface area contributed by atoms with Crippen molar-refractivity contribution in [2.45, 2.75) is 19.8 Å². The van der Waals surface area contributed by atoms with Crippen LogP contribution in [-0.2, 0) is 4.79 Å². The summed E-state index contributed by atoms with van der Waals surface area (Å²) in [5.74, 6) is 0.0530. The number of nitro groups is 1. The molecule has 10 heteroatoms. The van der Waals surface area contributed by atoms with E-state index in [1.165, 1.54) is 13.0 Å². The number of carbonyl (C=O) groups excluding carboxylic acids is 2. The highest BCUT2D eigenvalue weighted by atomic mass is 16.6. The predicted octanol–water partition coefficient (Wildman–Crippen LogP) is 3.20. The number of anilines is 2. The molecule has 0 saturated carbocycles. The third-order valence-corrected chi connectivity index (χ3v) is 5.29. The lowest BCUT2D eigenvalue weighted by molar-refractivity contribution is -0.384. The summed E-state index contributed by atoms with van der Waals surface area (Å²) in [5, 5.41) is 23.0. The minimum atomic E-state index is -0.501. The van der Waals surface area contributed by atoms with Crippen LogP contribution in [0.2, 0.25) is 0 Å². The van der Waals surface area contributed by atoms with Gasteiger partial charge in [-0.3, -0.25) is 19.7 Å². The Morgan fingerprint density at radius 2 is 1.94 bits per heavy atom. The number of nitrogens with one attached hydrogen (secondary N) is 1. The number of rotatable bonds is 8. The Morgan fingerprint density at radius 1 is 1.18 bits per heavy atom. The molecule has 33 heavy (non-hydrogen) atoms. The summed E-state index contributed by atoms with van der Waals surface area (Å²) in [4.78, 5) is 39.0. The van der Waals surface area contributed by atoms with Crippen LogP contribution in [0, 0.1) is 21.4 Å². The van der Waals surface area contributed by atoms with Gasteiger partial charge >= 0.3 is 0 Å². The number of carbonyl (C=O) groups is 2. The summed E-state index contributed by atoms with van der Waals surface area (Å²) in [5.41, 5.74) is 0.916. The van der Waals surface area contributed by atoms with Crippen LogP contribution in [-0.4, -0.2) is 54.4 Å². The van der Waals surface area contributed by atoms with Gasteiger partial charge in [0.1, 0.15) is 11.4 Å². The molecule has 1 heterocycles. The van der Waals surface area contributed by atoms with Gasteiger partial charge in [-0.1, -0.05) is 6.07 Å². The number of nitrogens with zero attached hydrogens (tertiary/aromatic N) is 4. The lowest BCUT2D eigenvalue weighted by atomic mass is 10.1.